The zero-order valence-corrected chi connectivity index (χ0v) is 6.40. The molecule has 0 heterocycles. The molecule has 2 nitrogen and oxygen atoms in total. The minimum absolute atomic E-state index is 0.281. The normalized spacial score (nSPS) is 10.2. The Kier molecular flexibility index (Phi) is 4.32. The van der Waals surface area contributed by atoms with Gasteiger partial charge in [-0.15, -0.1) is 0 Å². The van der Waals surface area contributed by atoms with Gasteiger partial charge in [-0.25, -0.2) is 0 Å². The van der Waals surface area contributed by atoms with Gasteiger partial charge >= 0.3 is 0 Å². The summed E-state index contributed by atoms with van der Waals surface area (Å²) >= 11 is 0. The fourth-order valence-corrected chi connectivity index (χ4v) is 0.443. The molecule has 0 aromatic rings. The van der Waals surface area contributed by atoms with Crippen molar-refractivity contribution in [3.8, 4) is 0 Å². The van der Waals surface area contributed by atoms with E-state index >= 15 is 0 Å². The van der Waals surface area contributed by atoms with E-state index in [0.29, 0.717) is 19.0 Å². The van der Waals surface area contributed by atoms with E-state index in [1.807, 2.05) is 20.8 Å². The molecule has 1 N–H and O–H groups in total. The van der Waals surface area contributed by atoms with Gasteiger partial charge in [-0.2, -0.15) is 0 Å². The van der Waals surface area contributed by atoms with Crippen LogP contribution >= 0.6 is 0 Å². The highest BCUT2D eigenvalue weighted by atomic mass is 16.1. The predicted octanol–water partition coefficient (Wildman–Crippen LogP) is 0.964. The first-order valence-electron chi connectivity index (χ1n) is 3.42. The molecular formula is C7H15NO. The Morgan fingerprint density at radius 3 is 2.44 bits per heavy atom. The van der Waals surface area contributed by atoms with Crippen molar-refractivity contribution in [2.45, 2.75) is 33.2 Å². The molecule has 0 fully saturated rings. The number of hydrogen-bond acceptors (Lipinski definition) is 2. The predicted molar refractivity (Wildman–Crippen MR) is 38.4 cm³/mol. The van der Waals surface area contributed by atoms with Crippen LogP contribution in [-0.4, -0.2) is 18.4 Å². The molecule has 0 amide bonds. The van der Waals surface area contributed by atoms with Gasteiger partial charge in [0.05, 0.1) is 6.54 Å². The average Bonchev–Trinajstić information content (AvgIpc) is 1.83. The maximum absolute atomic E-state index is 10.7. The molecule has 0 saturated heterocycles. The first-order chi connectivity index (χ1) is 4.16. The van der Waals surface area contributed by atoms with Gasteiger partial charge in [0, 0.05) is 12.5 Å². The number of nitrogens with one attached hydrogen (secondary N) is 1. The van der Waals surface area contributed by atoms with E-state index in [-0.39, 0.29) is 5.78 Å². The Morgan fingerprint density at radius 1 is 1.56 bits per heavy atom. The summed E-state index contributed by atoms with van der Waals surface area (Å²) in [7, 11) is 0. The maximum atomic E-state index is 10.7. The molecule has 0 aliphatic carbocycles. The lowest BCUT2D eigenvalue weighted by atomic mass is 10.3. The van der Waals surface area contributed by atoms with Crippen LogP contribution in [0, 0.1) is 0 Å². The van der Waals surface area contributed by atoms with Crippen LogP contribution in [0.3, 0.4) is 0 Å². The molecule has 0 atom stereocenters. The molecular weight excluding hydrogens is 114 g/mol. The lowest BCUT2D eigenvalue weighted by molar-refractivity contribution is -0.118. The van der Waals surface area contributed by atoms with Crippen LogP contribution in [0.15, 0.2) is 0 Å². The number of hydrogen-bond donors (Lipinski definition) is 1. The molecule has 0 radical (unpaired) electrons. The summed E-state index contributed by atoms with van der Waals surface area (Å²) in [4.78, 5) is 10.7. The third-order valence-corrected chi connectivity index (χ3v) is 1.10. The Balaban J connectivity index is 3.17. The standard InChI is InChI=1S/C7H15NO/c1-4-7(9)5-8-6(2)3/h6,8H,4-5H2,1-3H3. The highest BCUT2D eigenvalue weighted by molar-refractivity contribution is 5.80. The van der Waals surface area contributed by atoms with E-state index in [2.05, 4.69) is 5.32 Å². The molecule has 0 unspecified atom stereocenters. The number of rotatable bonds is 4. The Labute approximate surface area is 56.6 Å². The van der Waals surface area contributed by atoms with Crippen molar-refractivity contribution in [2.24, 2.45) is 0 Å². The van der Waals surface area contributed by atoms with Crippen molar-refractivity contribution < 1.29 is 4.79 Å². The molecule has 2 heteroatoms. The number of Topliss-reactive ketones (excluding diaryl/α,β-unsaturated/α-hetero) is 1. The second-order valence-electron chi connectivity index (χ2n) is 2.43. The topological polar surface area (TPSA) is 29.1 Å². The molecule has 0 aromatic heterocycles. The lowest BCUT2D eigenvalue weighted by Gasteiger charge is -2.04. The Morgan fingerprint density at radius 2 is 2.11 bits per heavy atom. The minimum Gasteiger partial charge on any atom is -0.308 e. The number of ketones is 1. The summed E-state index contributed by atoms with van der Waals surface area (Å²) in [5.74, 6) is 0.281. The molecule has 0 bridgehead atoms. The van der Waals surface area contributed by atoms with Gasteiger partial charge in [0.1, 0.15) is 5.78 Å². The van der Waals surface area contributed by atoms with Gasteiger partial charge < -0.3 is 5.32 Å². The van der Waals surface area contributed by atoms with Crippen molar-refractivity contribution >= 4 is 5.78 Å². The smallest absolute Gasteiger partial charge is 0.146 e. The van der Waals surface area contributed by atoms with E-state index in [0.717, 1.165) is 0 Å². The highest BCUT2D eigenvalue weighted by Crippen LogP contribution is 1.80. The third kappa shape index (κ3) is 5.50. The van der Waals surface area contributed by atoms with Gasteiger partial charge in [-0.1, -0.05) is 20.8 Å². The SMILES string of the molecule is CCC(=O)CNC(C)C. The summed E-state index contributed by atoms with van der Waals surface area (Å²) in [5.41, 5.74) is 0. The summed E-state index contributed by atoms with van der Waals surface area (Å²) in [6.07, 6.45) is 0.639. The molecule has 0 spiro atoms. The van der Waals surface area contributed by atoms with Crippen LogP contribution in [0.2, 0.25) is 0 Å². The maximum Gasteiger partial charge on any atom is 0.146 e. The third-order valence-electron chi connectivity index (χ3n) is 1.10. The van der Waals surface area contributed by atoms with Crippen molar-refractivity contribution in [3.05, 3.63) is 0 Å². The first kappa shape index (κ1) is 8.63. The van der Waals surface area contributed by atoms with Crippen molar-refractivity contribution in [3.63, 3.8) is 0 Å². The van der Waals surface area contributed by atoms with Gasteiger partial charge in [0.2, 0.25) is 0 Å². The summed E-state index contributed by atoms with van der Waals surface area (Å²) < 4.78 is 0. The Bertz CT molecular complexity index is 88.9. The summed E-state index contributed by atoms with van der Waals surface area (Å²) in [5, 5.41) is 3.05. The molecule has 9 heavy (non-hydrogen) atoms. The quantitative estimate of drug-likeness (QED) is 0.612. The van der Waals surface area contributed by atoms with Gasteiger partial charge in [-0.3, -0.25) is 4.79 Å². The largest absolute Gasteiger partial charge is 0.308 e. The van der Waals surface area contributed by atoms with Crippen LogP contribution in [0.5, 0.6) is 0 Å². The van der Waals surface area contributed by atoms with E-state index in [1.165, 1.54) is 0 Å². The summed E-state index contributed by atoms with van der Waals surface area (Å²) in [6, 6.07) is 0.417. The average molecular weight is 129 g/mol. The van der Waals surface area contributed by atoms with E-state index in [9.17, 15) is 4.79 Å². The highest BCUT2D eigenvalue weighted by Gasteiger charge is 1.97. The van der Waals surface area contributed by atoms with Gasteiger partial charge in [0.15, 0.2) is 0 Å². The van der Waals surface area contributed by atoms with Crippen LogP contribution in [0.25, 0.3) is 0 Å². The molecule has 0 aromatic carbocycles. The van der Waals surface area contributed by atoms with Gasteiger partial charge in [-0.05, 0) is 0 Å². The minimum atomic E-state index is 0.281. The molecule has 54 valence electrons. The van der Waals surface area contributed by atoms with Crippen LogP contribution in [0.4, 0.5) is 0 Å². The summed E-state index contributed by atoms with van der Waals surface area (Å²) in [6.45, 7) is 6.46. The van der Waals surface area contributed by atoms with Crippen LogP contribution in [-0.2, 0) is 4.79 Å². The Hall–Kier alpha value is -0.370. The fourth-order valence-electron chi connectivity index (χ4n) is 0.443. The van der Waals surface area contributed by atoms with Crippen molar-refractivity contribution in [2.75, 3.05) is 6.54 Å². The van der Waals surface area contributed by atoms with E-state index in [4.69, 9.17) is 0 Å². The second kappa shape index (κ2) is 4.50. The van der Waals surface area contributed by atoms with Crippen molar-refractivity contribution in [1.29, 1.82) is 0 Å². The number of carbonyl (C=O) groups excluding carboxylic acids is 1. The van der Waals surface area contributed by atoms with Crippen LogP contribution in [0.1, 0.15) is 27.2 Å². The second-order valence-corrected chi connectivity index (χ2v) is 2.43. The molecule has 0 saturated carbocycles. The zero-order valence-electron chi connectivity index (χ0n) is 6.40. The first-order valence-corrected chi connectivity index (χ1v) is 3.42. The van der Waals surface area contributed by atoms with E-state index < -0.39 is 0 Å². The van der Waals surface area contributed by atoms with Crippen LogP contribution < -0.4 is 5.32 Å². The van der Waals surface area contributed by atoms with Gasteiger partial charge in [0.25, 0.3) is 0 Å². The molecule has 0 aliphatic heterocycles. The zero-order chi connectivity index (χ0) is 7.28. The monoisotopic (exact) mass is 129 g/mol. The lowest BCUT2D eigenvalue weighted by Crippen LogP contribution is -2.28. The molecule has 0 aliphatic rings. The molecule has 0 rings (SSSR count). The van der Waals surface area contributed by atoms with E-state index in [1.54, 1.807) is 0 Å². The number of carbonyl (C=O) groups is 1. The fraction of sp³-hybridized carbons (Fsp3) is 0.857. The van der Waals surface area contributed by atoms with Crippen molar-refractivity contribution in [1.82, 2.24) is 5.32 Å².